The van der Waals surface area contributed by atoms with Crippen LogP contribution >= 0.6 is 0 Å². The SMILES string of the molecule is CC(C)N(CCO)c1cc(CO)c2ccccc2n1. The van der Waals surface area contributed by atoms with E-state index in [4.69, 9.17) is 5.11 Å². The number of fused-ring (bicyclic) bond motifs is 1. The van der Waals surface area contributed by atoms with Crippen LogP contribution in [0.1, 0.15) is 19.4 Å². The summed E-state index contributed by atoms with van der Waals surface area (Å²) in [5, 5.41) is 19.7. The molecule has 0 unspecified atom stereocenters. The van der Waals surface area contributed by atoms with Crippen molar-refractivity contribution in [2.75, 3.05) is 18.1 Å². The van der Waals surface area contributed by atoms with Crippen molar-refractivity contribution in [2.24, 2.45) is 0 Å². The highest BCUT2D eigenvalue weighted by atomic mass is 16.3. The van der Waals surface area contributed by atoms with Crippen molar-refractivity contribution in [3.8, 4) is 0 Å². The van der Waals surface area contributed by atoms with Gasteiger partial charge in [-0.05, 0) is 31.5 Å². The van der Waals surface area contributed by atoms with Gasteiger partial charge in [0.15, 0.2) is 0 Å². The van der Waals surface area contributed by atoms with Gasteiger partial charge < -0.3 is 15.1 Å². The van der Waals surface area contributed by atoms with Gasteiger partial charge in [0.1, 0.15) is 5.82 Å². The van der Waals surface area contributed by atoms with E-state index in [0.29, 0.717) is 6.54 Å². The maximum atomic E-state index is 9.51. The third-order valence-electron chi connectivity index (χ3n) is 3.22. The number of aliphatic hydroxyl groups excluding tert-OH is 2. The Kier molecular flexibility index (Phi) is 4.35. The van der Waals surface area contributed by atoms with Gasteiger partial charge in [0.05, 0.1) is 18.7 Å². The number of rotatable bonds is 5. The Morgan fingerprint density at radius 2 is 1.95 bits per heavy atom. The van der Waals surface area contributed by atoms with Gasteiger partial charge in [0, 0.05) is 18.0 Å². The summed E-state index contributed by atoms with van der Waals surface area (Å²) in [7, 11) is 0. The minimum absolute atomic E-state index is 0.0128. The predicted molar refractivity (Wildman–Crippen MR) is 77.2 cm³/mol. The second-order valence-corrected chi connectivity index (χ2v) is 4.83. The monoisotopic (exact) mass is 260 g/mol. The molecule has 0 atom stereocenters. The molecule has 4 nitrogen and oxygen atoms in total. The van der Waals surface area contributed by atoms with Crippen LogP contribution in [-0.4, -0.2) is 34.4 Å². The van der Waals surface area contributed by atoms with Crippen LogP contribution in [0, 0.1) is 0 Å². The number of benzene rings is 1. The maximum absolute atomic E-state index is 9.51. The molecule has 1 heterocycles. The number of para-hydroxylation sites is 1. The third kappa shape index (κ3) is 2.85. The van der Waals surface area contributed by atoms with E-state index in [9.17, 15) is 5.11 Å². The van der Waals surface area contributed by atoms with Crippen molar-refractivity contribution in [2.45, 2.75) is 26.5 Å². The standard InChI is InChI=1S/C15H20N2O2/c1-11(2)17(7-8-18)15-9-12(10-19)13-5-3-4-6-14(13)16-15/h3-6,9,11,18-19H,7-8,10H2,1-2H3. The molecule has 1 aromatic carbocycles. The Bertz CT molecular complexity index is 555. The van der Waals surface area contributed by atoms with Gasteiger partial charge >= 0.3 is 0 Å². The number of hydrogen-bond donors (Lipinski definition) is 2. The molecule has 2 rings (SSSR count). The van der Waals surface area contributed by atoms with E-state index in [1.54, 1.807) is 0 Å². The molecule has 0 aliphatic heterocycles. The average Bonchev–Trinajstić information content (AvgIpc) is 2.43. The van der Waals surface area contributed by atoms with E-state index < -0.39 is 0 Å². The Labute approximate surface area is 113 Å². The topological polar surface area (TPSA) is 56.6 Å². The second-order valence-electron chi connectivity index (χ2n) is 4.83. The third-order valence-corrected chi connectivity index (χ3v) is 3.22. The molecule has 0 aliphatic rings. The largest absolute Gasteiger partial charge is 0.395 e. The molecule has 0 saturated heterocycles. The summed E-state index contributed by atoms with van der Waals surface area (Å²) in [5.74, 6) is 0.798. The number of anilines is 1. The first-order chi connectivity index (χ1) is 9.17. The van der Waals surface area contributed by atoms with Gasteiger partial charge in [-0.3, -0.25) is 0 Å². The first-order valence-corrected chi connectivity index (χ1v) is 6.54. The first kappa shape index (κ1) is 13.8. The molecule has 4 heteroatoms. The Balaban J connectivity index is 2.54. The van der Waals surface area contributed by atoms with Gasteiger partial charge in [-0.15, -0.1) is 0 Å². The summed E-state index contributed by atoms with van der Waals surface area (Å²) >= 11 is 0. The lowest BCUT2D eigenvalue weighted by Crippen LogP contribution is -2.34. The van der Waals surface area contributed by atoms with Crippen LogP contribution in [-0.2, 0) is 6.61 Å². The molecule has 0 amide bonds. The van der Waals surface area contributed by atoms with Crippen LogP contribution < -0.4 is 4.90 Å². The minimum atomic E-state index is -0.0128. The van der Waals surface area contributed by atoms with Crippen LogP contribution in [0.2, 0.25) is 0 Å². The number of hydrogen-bond acceptors (Lipinski definition) is 4. The van der Waals surface area contributed by atoms with E-state index in [0.717, 1.165) is 22.3 Å². The van der Waals surface area contributed by atoms with Gasteiger partial charge in [-0.1, -0.05) is 18.2 Å². The van der Waals surface area contributed by atoms with Gasteiger partial charge in [-0.25, -0.2) is 4.98 Å². The van der Waals surface area contributed by atoms with E-state index in [-0.39, 0.29) is 19.3 Å². The molecule has 0 radical (unpaired) electrons. The van der Waals surface area contributed by atoms with Crippen molar-refractivity contribution >= 4 is 16.7 Å². The molecule has 2 aromatic rings. The highest BCUT2D eigenvalue weighted by Crippen LogP contribution is 2.24. The number of aliphatic hydroxyl groups is 2. The molecule has 19 heavy (non-hydrogen) atoms. The van der Waals surface area contributed by atoms with E-state index in [1.165, 1.54) is 0 Å². The zero-order chi connectivity index (χ0) is 13.8. The quantitative estimate of drug-likeness (QED) is 0.862. The molecule has 0 aliphatic carbocycles. The molecular formula is C15H20N2O2. The molecule has 1 aromatic heterocycles. The lowest BCUT2D eigenvalue weighted by atomic mass is 10.1. The second kappa shape index (κ2) is 5.99. The summed E-state index contributed by atoms with van der Waals surface area (Å²) in [6, 6.07) is 9.92. The highest BCUT2D eigenvalue weighted by molar-refractivity contribution is 5.84. The van der Waals surface area contributed by atoms with E-state index in [1.807, 2.05) is 35.2 Å². The summed E-state index contributed by atoms with van der Waals surface area (Å²) in [4.78, 5) is 6.66. The van der Waals surface area contributed by atoms with Gasteiger partial charge in [0.25, 0.3) is 0 Å². The summed E-state index contributed by atoms with van der Waals surface area (Å²) in [5.41, 5.74) is 1.73. The van der Waals surface area contributed by atoms with Crippen molar-refractivity contribution in [3.05, 3.63) is 35.9 Å². The molecule has 0 spiro atoms. The van der Waals surface area contributed by atoms with Crippen molar-refractivity contribution in [1.82, 2.24) is 4.98 Å². The molecule has 2 N–H and O–H groups in total. The predicted octanol–water partition coefficient (Wildman–Crippen LogP) is 1.93. The molecule has 0 fully saturated rings. The highest BCUT2D eigenvalue weighted by Gasteiger charge is 2.13. The zero-order valence-corrected chi connectivity index (χ0v) is 11.4. The Morgan fingerprint density at radius 1 is 1.21 bits per heavy atom. The molecule has 0 bridgehead atoms. The van der Waals surface area contributed by atoms with Crippen molar-refractivity contribution in [1.29, 1.82) is 0 Å². The summed E-state index contributed by atoms with van der Waals surface area (Å²) in [6.45, 7) is 4.73. The summed E-state index contributed by atoms with van der Waals surface area (Å²) in [6.07, 6.45) is 0. The minimum Gasteiger partial charge on any atom is -0.395 e. The Morgan fingerprint density at radius 3 is 2.58 bits per heavy atom. The molecule has 102 valence electrons. The van der Waals surface area contributed by atoms with Crippen LogP contribution in [0.4, 0.5) is 5.82 Å². The van der Waals surface area contributed by atoms with Crippen LogP contribution in [0.15, 0.2) is 30.3 Å². The maximum Gasteiger partial charge on any atom is 0.129 e. The zero-order valence-electron chi connectivity index (χ0n) is 11.4. The molecular weight excluding hydrogens is 240 g/mol. The normalized spacial score (nSPS) is 11.2. The van der Waals surface area contributed by atoms with Crippen LogP contribution in [0.3, 0.4) is 0 Å². The fraction of sp³-hybridized carbons (Fsp3) is 0.400. The lowest BCUT2D eigenvalue weighted by Gasteiger charge is -2.27. The Hall–Kier alpha value is -1.65. The van der Waals surface area contributed by atoms with Crippen molar-refractivity contribution in [3.63, 3.8) is 0 Å². The van der Waals surface area contributed by atoms with Crippen molar-refractivity contribution < 1.29 is 10.2 Å². The summed E-state index contributed by atoms with van der Waals surface area (Å²) < 4.78 is 0. The fourth-order valence-corrected chi connectivity index (χ4v) is 2.25. The number of nitrogens with zero attached hydrogens (tertiary/aromatic N) is 2. The number of aromatic nitrogens is 1. The molecule has 0 saturated carbocycles. The number of pyridine rings is 1. The van der Waals surface area contributed by atoms with Crippen LogP contribution in [0.5, 0.6) is 0 Å². The fourth-order valence-electron chi connectivity index (χ4n) is 2.25. The van der Waals surface area contributed by atoms with Gasteiger partial charge in [0.2, 0.25) is 0 Å². The lowest BCUT2D eigenvalue weighted by molar-refractivity contribution is 0.283. The van der Waals surface area contributed by atoms with Gasteiger partial charge in [-0.2, -0.15) is 0 Å². The van der Waals surface area contributed by atoms with E-state index in [2.05, 4.69) is 18.8 Å². The first-order valence-electron chi connectivity index (χ1n) is 6.54. The average molecular weight is 260 g/mol. The smallest absolute Gasteiger partial charge is 0.129 e. The van der Waals surface area contributed by atoms with E-state index >= 15 is 0 Å². The van der Waals surface area contributed by atoms with Crippen LogP contribution in [0.25, 0.3) is 10.9 Å².